The number of nitrogens with zero attached hydrogens (tertiary/aromatic N) is 1. The van der Waals surface area contributed by atoms with E-state index in [1.54, 1.807) is 12.1 Å². The Morgan fingerprint density at radius 1 is 1.21 bits per heavy atom. The Balaban J connectivity index is 2.05. The largest absolute Gasteiger partial charge is 0.494 e. The summed E-state index contributed by atoms with van der Waals surface area (Å²) in [5, 5.41) is 0. The van der Waals surface area contributed by atoms with E-state index in [4.69, 9.17) is 14.9 Å². The number of nitrogen functional groups attached to an aromatic ring is 1. The molecular formula is C15H14N2O2. The van der Waals surface area contributed by atoms with E-state index in [1.165, 1.54) is 0 Å². The lowest BCUT2D eigenvalue weighted by molar-refractivity contribution is 0.340. The number of aromatic nitrogens is 1. The molecule has 0 fully saturated rings. The zero-order valence-electron chi connectivity index (χ0n) is 10.6. The third-order valence-corrected chi connectivity index (χ3v) is 2.80. The van der Waals surface area contributed by atoms with Crippen molar-refractivity contribution < 1.29 is 9.15 Å². The molecule has 0 saturated heterocycles. The van der Waals surface area contributed by atoms with Crippen LogP contribution in [-0.2, 0) is 0 Å². The van der Waals surface area contributed by atoms with E-state index < -0.39 is 0 Å². The van der Waals surface area contributed by atoms with Gasteiger partial charge in [0.15, 0.2) is 5.58 Å². The number of fused-ring (bicyclic) bond motifs is 1. The van der Waals surface area contributed by atoms with Crippen LogP contribution in [-0.4, -0.2) is 11.6 Å². The third-order valence-electron chi connectivity index (χ3n) is 2.80. The van der Waals surface area contributed by atoms with Gasteiger partial charge >= 0.3 is 0 Å². The average Bonchev–Trinajstić information content (AvgIpc) is 2.82. The number of benzene rings is 2. The standard InChI is InChI=1S/C15H14N2O2/c1-2-18-12-5-3-4-10(8-12)15-17-13-9-11(16)6-7-14(13)19-15/h3-9H,2,16H2,1H3. The molecule has 4 heteroatoms. The quantitative estimate of drug-likeness (QED) is 0.727. The van der Waals surface area contributed by atoms with Crippen molar-refractivity contribution in [3.05, 3.63) is 42.5 Å². The summed E-state index contributed by atoms with van der Waals surface area (Å²) in [5.74, 6) is 1.38. The Bertz CT molecular complexity index is 719. The number of nitrogens with two attached hydrogens (primary N) is 1. The fourth-order valence-corrected chi connectivity index (χ4v) is 1.95. The molecule has 0 aliphatic heterocycles. The highest BCUT2D eigenvalue weighted by Gasteiger charge is 2.09. The van der Waals surface area contributed by atoms with Crippen molar-refractivity contribution in [1.82, 2.24) is 4.98 Å². The van der Waals surface area contributed by atoms with Gasteiger partial charge in [-0.2, -0.15) is 0 Å². The van der Waals surface area contributed by atoms with E-state index in [0.717, 1.165) is 22.4 Å². The van der Waals surface area contributed by atoms with Crippen LogP contribution in [0.3, 0.4) is 0 Å². The van der Waals surface area contributed by atoms with E-state index in [0.29, 0.717) is 18.2 Å². The molecule has 0 aliphatic rings. The predicted molar refractivity (Wildman–Crippen MR) is 75.0 cm³/mol. The maximum absolute atomic E-state index is 5.73. The van der Waals surface area contributed by atoms with E-state index in [-0.39, 0.29) is 0 Å². The Hall–Kier alpha value is -2.49. The smallest absolute Gasteiger partial charge is 0.227 e. The van der Waals surface area contributed by atoms with E-state index in [2.05, 4.69) is 4.98 Å². The van der Waals surface area contributed by atoms with Gasteiger partial charge in [-0.25, -0.2) is 4.98 Å². The van der Waals surface area contributed by atoms with Crippen molar-refractivity contribution in [3.8, 4) is 17.2 Å². The summed E-state index contributed by atoms with van der Waals surface area (Å²) < 4.78 is 11.2. The van der Waals surface area contributed by atoms with Gasteiger partial charge in [-0.05, 0) is 43.3 Å². The average molecular weight is 254 g/mol. The first kappa shape index (κ1) is 11.6. The molecule has 1 heterocycles. The van der Waals surface area contributed by atoms with Crippen LogP contribution in [0.2, 0.25) is 0 Å². The molecule has 2 N–H and O–H groups in total. The maximum atomic E-state index is 5.73. The van der Waals surface area contributed by atoms with Crippen molar-refractivity contribution in [2.24, 2.45) is 0 Å². The second-order valence-electron chi connectivity index (χ2n) is 4.21. The second kappa shape index (κ2) is 4.65. The lowest BCUT2D eigenvalue weighted by atomic mass is 10.2. The SMILES string of the molecule is CCOc1cccc(-c2nc3cc(N)ccc3o2)c1. The highest BCUT2D eigenvalue weighted by molar-refractivity contribution is 5.79. The van der Waals surface area contributed by atoms with Gasteiger partial charge in [0.1, 0.15) is 11.3 Å². The minimum atomic E-state index is 0.571. The fraction of sp³-hybridized carbons (Fsp3) is 0.133. The van der Waals surface area contributed by atoms with Crippen LogP contribution >= 0.6 is 0 Å². The van der Waals surface area contributed by atoms with Crippen LogP contribution < -0.4 is 10.5 Å². The predicted octanol–water partition coefficient (Wildman–Crippen LogP) is 3.48. The third kappa shape index (κ3) is 2.25. The molecule has 3 aromatic rings. The summed E-state index contributed by atoms with van der Waals surface area (Å²) in [7, 11) is 0. The van der Waals surface area contributed by atoms with Crippen LogP contribution in [0, 0.1) is 0 Å². The Kier molecular flexibility index (Phi) is 2.83. The minimum absolute atomic E-state index is 0.571. The van der Waals surface area contributed by atoms with Crippen LogP contribution in [0.15, 0.2) is 46.9 Å². The zero-order valence-corrected chi connectivity index (χ0v) is 10.6. The van der Waals surface area contributed by atoms with Gasteiger partial charge in [0.25, 0.3) is 0 Å². The molecule has 2 aromatic carbocycles. The molecule has 3 rings (SSSR count). The van der Waals surface area contributed by atoms with E-state index in [1.807, 2.05) is 37.3 Å². The topological polar surface area (TPSA) is 61.3 Å². The molecule has 96 valence electrons. The molecule has 4 nitrogen and oxygen atoms in total. The van der Waals surface area contributed by atoms with Gasteiger partial charge in [-0.3, -0.25) is 0 Å². The van der Waals surface area contributed by atoms with Crippen LogP contribution in [0.1, 0.15) is 6.92 Å². The Morgan fingerprint density at radius 3 is 2.95 bits per heavy atom. The van der Waals surface area contributed by atoms with Gasteiger partial charge in [0, 0.05) is 11.3 Å². The second-order valence-corrected chi connectivity index (χ2v) is 4.21. The zero-order chi connectivity index (χ0) is 13.2. The molecule has 0 aliphatic carbocycles. The molecule has 1 aromatic heterocycles. The highest BCUT2D eigenvalue weighted by Crippen LogP contribution is 2.27. The lowest BCUT2D eigenvalue weighted by Gasteiger charge is -2.03. The van der Waals surface area contributed by atoms with Gasteiger partial charge < -0.3 is 14.9 Å². The normalized spacial score (nSPS) is 10.8. The molecular weight excluding hydrogens is 240 g/mol. The Labute approximate surface area is 110 Å². The first-order valence-corrected chi connectivity index (χ1v) is 6.15. The molecule has 0 atom stereocenters. The first-order chi connectivity index (χ1) is 9.26. The van der Waals surface area contributed by atoms with Gasteiger partial charge in [-0.15, -0.1) is 0 Å². The number of oxazole rings is 1. The van der Waals surface area contributed by atoms with Gasteiger partial charge in [-0.1, -0.05) is 6.07 Å². The summed E-state index contributed by atoms with van der Waals surface area (Å²) in [5.41, 5.74) is 8.79. The summed E-state index contributed by atoms with van der Waals surface area (Å²) in [4.78, 5) is 4.44. The van der Waals surface area contributed by atoms with Crippen LogP contribution in [0.4, 0.5) is 5.69 Å². The summed E-state index contributed by atoms with van der Waals surface area (Å²) in [6.07, 6.45) is 0. The highest BCUT2D eigenvalue weighted by atomic mass is 16.5. The number of ether oxygens (including phenoxy) is 1. The number of hydrogen-bond donors (Lipinski definition) is 1. The van der Waals surface area contributed by atoms with Crippen molar-refractivity contribution in [2.45, 2.75) is 6.92 Å². The molecule has 0 amide bonds. The number of hydrogen-bond acceptors (Lipinski definition) is 4. The van der Waals surface area contributed by atoms with Crippen LogP contribution in [0.5, 0.6) is 5.75 Å². The maximum Gasteiger partial charge on any atom is 0.227 e. The molecule has 0 spiro atoms. The lowest BCUT2D eigenvalue weighted by Crippen LogP contribution is -1.91. The molecule has 0 saturated carbocycles. The molecule has 0 radical (unpaired) electrons. The molecule has 0 unspecified atom stereocenters. The first-order valence-electron chi connectivity index (χ1n) is 6.15. The summed E-state index contributed by atoms with van der Waals surface area (Å²) in [6.45, 7) is 2.59. The van der Waals surface area contributed by atoms with Crippen LogP contribution in [0.25, 0.3) is 22.6 Å². The van der Waals surface area contributed by atoms with Crippen molar-refractivity contribution in [1.29, 1.82) is 0 Å². The summed E-state index contributed by atoms with van der Waals surface area (Å²) >= 11 is 0. The van der Waals surface area contributed by atoms with E-state index >= 15 is 0 Å². The number of rotatable bonds is 3. The van der Waals surface area contributed by atoms with Gasteiger partial charge in [0.2, 0.25) is 5.89 Å². The number of anilines is 1. The monoisotopic (exact) mass is 254 g/mol. The van der Waals surface area contributed by atoms with E-state index in [9.17, 15) is 0 Å². The molecule has 19 heavy (non-hydrogen) atoms. The summed E-state index contributed by atoms with van der Waals surface area (Å²) in [6, 6.07) is 13.1. The van der Waals surface area contributed by atoms with Crippen molar-refractivity contribution >= 4 is 16.8 Å². The molecule has 0 bridgehead atoms. The minimum Gasteiger partial charge on any atom is -0.494 e. The fourth-order valence-electron chi connectivity index (χ4n) is 1.95. The van der Waals surface area contributed by atoms with Crippen molar-refractivity contribution in [3.63, 3.8) is 0 Å². The Morgan fingerprint density at radius 2 is 2.11 bits per heavy atom. The van der Waals surface area contributed by atoms with Crippen molar-refractivity contribution in [2.75, 3.05) is 12.3 Å². The van der Waals surface area contributed by atoms with Gasteiger partial charge in [0.05, 0.1) is 6.61 Å².